The summed E-state index contributed by atoms with van der Waals surface area (Å²) in [5, 5.41) is 2.95. The van der Waals surface area contributed by atoms with Crippen molar-refractivity contribution in [2.45, 2.75) is 43.9 Å². The van der Waals surface area contributed by atoms with E-state index in [-0.39, 0.29) is 12.0 Å². The van der Waals surface area contributed by atoms with E-state index in [4.69, 9.17) is 9.47 Å². The highest BCUT2D eigenvalue weighted by atomic mass is 16.5. The normalized spacial score (nSPS) is 22.3. The highest BCUT2D eigenvalue weighted by molar-refractivity contribution is 6.04. The Morgan fingerprint density at radius 1 is 0.844 bits per heavy atom. The van der Waals surface area contributed by atoms with Crippen molar-refractivity contribution in [2.24, 2.45) is 0 Å². The third-order valence-electron chi connectivity index (χ3n) is 6.55. The minimum absolute atomic E-state index is 0.177. The third-order valence-corrected chi connectivity index (χ3v) is 6.55. The SMILES string of the molecule is CN1[C@@H]2CC[C@H]1CC(Oc1ccc(NC(=O)c3cccc(Oc4ccccc4)c3)cc1)C2. The van der Waals surface area contributed by atoms with Gasteiger partial charge in [-0.05, 0) is 87.3 Å². The van der Waals surface area contributed by atoms with Gasteiger partial charge in [0.1, 0.15) is 23.4 Å². The summed E-state index contributed by atoms with van der Waals surface area (Å²) in [5.74, 6) is 2.04. The number of piperidine rings is 1. The summed E-state index contributed by atoms with van der Waals surface area (Å²) >= 11 is 0. The maximum absolute atomic E-state index is 12.7. The van der Waals surface area contributed by atoms with Gasteiger partial charge in [0.25, 0.3) is 5.91 Å². The molecule has 5 rings (SSSR count). The molecule has 1 unspecified atom stereocenters. The fourth-order valence-corrected chi connectivity index (χ4v) is 4.80. The van der Waals surface area contributed by atoms with Crippen LogP contribution >= 0.6 is 0 Å². The zero-order valence-corrected chi connectivity index (χ0v) is 18.2. The molecule has 0 saturated carbocycles. The molecule has 2 aliphatic rings. The van der Waals surface area contributed by atoms with Crippen LogP contribution in [-0.2, 0) is 0 Å². The Labute approximate surface area is 189 Å². The van der Waals surface area contributed by atoms with Crippen molar-refractivity contribution in [2.75, 3.05) is 12.4 Å². The van der Waals surface area contributed by atoms with E-state index in [1.54, 1.807) is 12.1 Å². The van der Waals surface area contributed by atoms with E-state index in [0.717, 1.165) is 30.0 Å². The number of para-hydroxylation sites is 1. The maximum Gasteiger partial charge on any atom is 0.255 e. The van der Waals surface area contributed by atoms with E-state index in [9.17, 15) is 4.79 Å². The summed E-state index contributed by atoms with van der Waals surface area (Å²) in [5.41, 5.74) is 1.28. The van der Waals surface area contributed by atoms with Gasteiger partial charge in [0.05, 0.1) is 0 Å². The highest BCUT2D eigenvalue weighted by Crippen LogP contribution is 2.36. The van der Waals surface area contributed by atoms with Crippen LogP contribution < -0.4 is 14.8 Å². The van der Waals surface area contributed by atoms with Gasteiger partial charge in [-0.15, -0.1) is 0 Å². The number of hydrogen-bond donors (Lipinski definition) is 1. The van der Waals surface area contributed by atoms with Gasteiger partial charge in [0.15, 0.2) is 0 Å². The molecular formula is C27H28N2O3. The van der Waals surface area contributed by atoms with Crippen LogP contribution in [0.3, 0.4) is 0 Å². The first kappa shape index (κ1) is 20.6. The maximum atomic E-state index is 12.7. The average Bonchev–Trinajstić information content (AvgIpc) is 3.02. The Bertz CT molecular complexity index is 1050. The van der Waals surface area contributed by atoms with Crippen LogP contribution in [0.1, 0.15) is 36.0 Å². The van der Waals surface area contributed by atoms with Gasteiger partial charge < -0.3 is 19.7 Å². The number of nitrogens with zero attached hydrogens (tertiary/aromatic N) is 1. The molecule has 3 aromatic rings. The lowest BCUT2D eigenvalue weighted by molar-refractivity contribution is 0.0662. The minimum Gasteiger partial charge on any atom is -0.490 e. The lowest BCUT2D eigenvalue weighted by Crippen LogP contribution is -2.43. The number of anilines is 1. The number of carbonyl (C=O) groups is 1. The molecule has 2 heterocycles. The molecule has 5 nitrogen and oxygen atoms in total. The standard InChI is InChI=1S/C27H28N2O3/c1-29-21-12-13-22(29)18-26(17-21)32-24-14-10-20(11-15-24)28-27(30)19-6-5-9-25(16-19)31-23-7-3-2-4-8-23/h2-11,14-16,21-22,26H,12-13,17-18H2,1H3,(H,28,30)/t21-,22+,26?. The molecule has 32 heavy (non-hydrogen) atoms. The Morgan fingerprint density at radius 3 is 2.25 bits per heavy atom. The first-order valence-corrected chi connectivity index (χ1v) is 11.3. The number of benzene rings is 3. The molecule has 2 saturated heterocycles. The molecule has 164 valence electrons. The van der Waals surface area contributed by atoms with Gasteiger partial charge in [-0.3, -0.25) is 4.79 Å². The van der Waals surface area contributed by atoms with Crippen molar-refractivity contribution in [3.05, 3.63) is 84.4 Å². The van der Waals surface area contributed by atoms with E-state index in [1.165, 1.54) is 12.8 Å². The first-order valence-electron chi connectivity index (χ1n) is 11.3. The van der Waals surface area contributed by atoms with Gasteiger partial charge in [0, 0.05) is 23.3 Å². The number of rotatable bonds is 6. The predicted octanol–water partition coefficient (Wildman–Crippen LogP) is 5.74. The van der Waals surface area contributed by atoms with Gasteiger partial charge in [-0.1, -0.05) is 24.3 Å². The monoisotopic (exact) mass is 428 g/mol. The lowest BCUT2D eigenvalue weighted by Gasteiger charge is -2.36. The van der Waals surface area contributed by atoms with Crippen LogP contribution in [0.25, 0.3) is 0 Å². The van der Waals surface area contributed by atoms with Gasteiger partial charge >= 0.3 is 0 Å². The van der Waals surface area contributed by atoms with E-state index in [1.807, 2.05) is 66.7 Å². The van der Waals surface area contributed by atoms with Crippen LogP contribution in [0, 0.1) is 0 Å². The van der Waals surface area contributed by atoms with Crippen LogP contribution in [-0.4, -0.2) is 36.0 Å². The summed E-state index contributed by atoms with van der Waals surface area (Å²) in [6.07, 6.45) is 5.02. The first-order chi connectivity index (χ1) is 15.6. The number of carbonyl (C=O) groups excluding carboxylic acids is 1. The number of fused-ring (bicyclic) bond motifs is 2. The van der Waals surface area contributed by atoms with Gasteiger partial charge in [-0.2, -0.15) is 0 Å². The molecule has 0 spiro atoms. The molecule has 5 heteroatoms. The summed E-state index contributed by atoms with van der Waals surface area (Å²) in [6.45, 7) is 0. The van der Waals surface area contributed by atoms with Crippen molar-refractivity contribution < 1.29 is 14.3 Å². The summed E-state index contributed by atoms with van der Waals surface area (Å²) < 4.78 is 12.1. The molecule has 0 radical (unpaired) electrons. The fourth-order valence-electron chi connectivity index (χ4n) is 4.80. The lowest BCUT2D eigenvalue weighted by atomic mass is 10.0. The van der Waals surface area contributed by atoms with E-state index in [0.29, 0.717) is 23.4 Å². The Morgan fingerprint density at radius 2 is 1.53 bits per heavy atom. The summed E-state index contributed by atoms with van der Waals surface area (Å²) in [7, 11) is 2.24. The van der Waals surface area contributed by atoms with E-state index < -0.39 is 0 Å². The number of ether oxygens (including phenoxy) is 2. The van der Waals surface area contributed by atoms with Crippen LogP contribution in [0.15, 0.2) is 78.9 Å². The molecule has 0 aromatic heterocycles. The predicted molar refractivity (Wildman–Crippen MR) is 126 cm³/mol. The molecule has 1 N–H and O–H groups in total. The zero-order chi connectivity index (χ0) is 21.9. The van der Waals surface area contributed by atoms with E-state index >= 15 is 0 Å². The number of nitrogens with one attached hydrogen (secondary N) is 1. The second-order valence-corrected chi connectivity index (χ2v) is 8.68. The molecule has 1 amide bonds. The zero-order valence-electron chi connectivity index (χ0n) is 18.2. The second-order valence-electron chi connectivity index (χ2n) is 8.68. The Kier molecular flexibility index (Phi) is 5.82. The quantitative estimate of drug-likeness (QED) is 0.544. The van der Waals surface area contributed by atoms with Crippen LogP contribution in [0.2, 0.25) is 0 Å². The van der Waals surface area contributed by atoms with E-state index in [2.05, 4.69) is 17.3 Å². The molecule has 2 aliphatic heterocycles. The van der Waals surface area contributed by atoms with Crippen molar-refractivity contribution in [3.63, 3.8) is 0 Å². The molecule has 3 atom stereocenters. The van der Waals surface area contributed by atoms with Crippen LogP contribution in [0.4, 0.5) is 5.69 Å². The fraction of sp³-hybridized carbons (Fsp3) is 0.296. The Balaban J connectivity index is 1.18. The summed E-state index contributed by atoms with van der Waals surface area (Å²) in [4.78, 5) is 15.2. The van der Waals surface area contributed by atoms with Crippen molar-refractivity contribution in [1.29, 1.82) is 0 Å². The average molecular weight is 429 g/mol. The highest BCUT2D eigenvalue weighted by Gasteiger charge is 2.39. The van der Waals surface area contributed by atoms with Gasteiger partial charge in [0.2, 0.25) is 0 Å². The number of hydrogen-bond acceptors (Lipinski definition) is 4. The minimum atomic E-state index is -0.177. The van der Waals surface area contributed by atoms with Crippen LogP contribution in [0.5, 0.6) is 17.2 Å². The van der Waals surface area contributed by atoms with Gasteiger partial charge in [-0.25, -0.2) is 0 Å². The largest absolute Gasteiger partial charge is 0.490 e. The molecule has 3 aromatic carbocycles. The molecule has 0 aliphatic carbocycles. The molecule has 2 bridgehead atoms. The van der Waals surface area contributed by atoms with Crippen molar-refractivity contribution in [3.8, 4) is 17.2 Å². The number of amides is 1. The van der Waals surface area contributed by atoms with Crippen molar-refractivity contribution in [1.82, 2.24) is 4.90 Å². The smallest absolute Gasteiger partial charge is 0.255 e. The second kappa shape index (κ2) is 9.05. The molecular weight excluding hydrogens is 400 g/mol. The molecule has 2 fully saturated rings. The third kappa shape index (κ3) is 4.63. The summed E-state index contributed by atoms with van der Waals surface area (Å²) in [6, 6.07) is 25.7. The topological polar surface area (TPSA) is 50.8 Å². The Hall–Kier alpha value is -3.31. The van der Waals surface area contributed by atoms with Crippen molar-refractivity contribution >= 4 is 11.6 Å².